The van der Waals surface area contributed by atoms with E-state index in [-0.39, 0.29) is 31.6 Å². The number of phenolic OH excluding ortho intramolecular Hbond substituents is 1. The van der Waals surface area contributed by atoms with Crippen LogP contribution in [0.5, 0.6) is 5.75 Å². The summed E-state index contributed by atoms with van der Waals surface area (Å²) >= 11 is 0. The third kappa shape index (κ3) is 3.72. The second-order valence-electron chi connectivity index (χ2n) is 9.35. The van der Waals surface area contributed by atoms with Crippen molar-refractivity contribution in [3.8, 4) is 17.0 Å². The topological polar surface area (TPSA) is 49.2 Å². The van der Waals surface area contributed by atoms with Gasteiger partial charge >= 0.3 is 0 Å². The number of aromatic nitrogens is 2. The van der Waals surface area contributed by atoms with Crippen molar-refractivity contribution in [2.75, 3.05) is 4.90 Å². The fraction of sp³-hybridized carbons (Fsp3) is 0.133. The fourth-order valence-electron chi connectivity index (χ4n) is 4.94. The maximum atomic E-state index is 10.3. The molecule has 0 amide bonds. The molecule has 0 saturated carbocycles. The van der Waals surface area contributed by atoms with Crippen LogP contribution in [0.4, 0.5) is 17.2 Å². The first kappa shape index (κ1) is 23.2. The van der Waals surface area contributed by atoms with E-state index in [2.05, 4.69) is 74.2 Å². The van der Waals surface area contributed by atoms with E-state index < -0.39 is 0 Å². The van der Waals surface area contributed by atoms with Crippen LogP contribution >= 0.6 is 0 Å². The number of anilines is 3. The molecule has 0 saturated heterocycles. The molecule has 0 atom stereocenters. The summed E-state index contributed by atoms with van der Waals surface area (Å²) in [7, 11) is 0. The quantitative estimate of drug-likeness (QED) is 0.187. The van der Waals surface area contributed by atoms with Crippen LogP contribution in [0.15, 0.2) is 85.1 Å². The van der Waals surface area contributed by atoms with Gasteiger partial charge in [0.2, 0.25) is 0 Å². The predicted octanol–water partition coefficient (Wildman–Crippen LogP) is 7.22. The fourth-order valence-corrected chi connectivity index (χ4v) is 4.94. The molecule has 0 fully saturated rings. The zero-order valence-corrected chi connectivity index (χ0v) is 21.2. The predicted molar refractivity (Wildman–Crippen MR) is 137 cm³/mol. The molecule has 4 nitrogen and oxygen atoms in total. The Labute approximate surface area is 219 Å². The first-order valence-electron chi connectivity index (χ1n) is 11.4. The number of hydrogen-bond acceptors (Lipinski definition) is 4. The van der Waals surface area contributed by atoms with Gasteiger partial charge in [-0.25, -0.2) is 4.98 Å². The molecule has 1 aliphatic heterocycles. The average molecular weight is 549 g/mol. The van der Waals surface area contributed by atoms with Crippen LogP contribution in [0, 0.1) is 13.0 Å². The van der Waals surface area contributed by atoms with Gasteiger partial charge in [0.15, 0.2) is 0 Å². The number of para-hydroxylation sites is 2. The number of hydrogen-bond donors (Lipinski definition) is 1. The zero-order valence-electron chi connectivity index (χ0n) is 19.7. The molecule has 35 heavy (non-hydrogen) atoms. The van der Waals surface area contributed by atoms with Crippen LogP contribution in [0.2, 0.25) is 0 Å². The molecule has 0 unspecified atom stereocenters. The summed E-state index contributed by atoms with van der Waals surface area (Å²) in [6, 6.07) is 30.0. The van der Waals surface area contributed by atoms with Crippen molar-refractivity contribution in [3.63, 3.8) is 0 Å². The molecule has 6 rings (SSSR count). The summed E-state index contributed by atoms with van der Waals surface area (Å²) < 4.78 is 0. The van der Waals surface area contributed by atoms with Crippen molar-refractivity contribution < 1.29 is 25.5 Å². The van der Waals surface area contributed by atoms with Gasteiger partial charge in [-0.1, -0.05) is 61.9 Å². The minimum atomic E-state index is -0.198. The van der Waals surface area contributed by atoms with Crippen LogP contribution < -0.4 is 4.90 Å². The van der Waals surface area contributed by atoms with Crippen molar-refractivity contribution >= 4 is 28.1 Å². The minimum Gasteiger partial charge on any atom is -0.506 e. The molecule has 0 aliphatic carbocycles. The Balaban J connectivity index is 0.00000253. The van der Waals surface area contributed by atoms with E-state index in [0.717, 1.165) is 39.4 Å². The summed E-state index contributed by atoms with van der Waals surface area (Å²) in [6.07, 6.45) is 1.85. The first-order valence-corrected chi connectivity index (χ1v) is 11.4. The maximum absolute atomic E-state index is 10.3. The summed E-state index contributed by atoms with van der Waals surface area (Å²) in [5, 5.41) is 11.2. The van der Waals surface area contributed by atoms with Crippen LogP contribution in [0.1, 0.15) is 30.5 Å². The Hall–Kier alpha value is -3.52. The Kier molecular flexibility index (Phi) is 5.71. The van der Waals surface area contributed by atoms with Gasteiger partial charge in [-0.05, 0) is 59.1 Å². The number of phenols is 1. The average Bonchev–Trinajstić information content (AvgIpc) is 2.84. The molecule has 3 heterocycles. The molecule has 2 aromatic heterocycles. The van der Waals surface area contributed by atoms with Gasteiger partial charge in [-0.3, -0.25) is 4.98 Å². The molecule has 1 N–H and O–H groups in total. The molecule has 176 valence electrons. The molecular weight excluding hydrogens is 525 g/mol. The van der Waals surface area contributed by atoms with Gasteiger partial charge in [0, 0.05) is 37.7 Å². The van der Waals surface area contributed by atoms with Crippen molar-refractivity contribution in [2.45, 2.75) is 26.2 Å². The van der Waals surface area contributed by atoms with E-state index in [1.807, 2.05) is 36.5 Å². The maximum Gasteiger partial charge on any atom is 0.140 e. The second kappa shape index (κ2) is 8.61. The standard InChI is InChI=1S/C30H24N3O.Pd/c1-19-15-16-31-28(17-19)33-25-9-5-4-8-22(25)30(2,3)23-13-11-21(18-26(23)33)24-14-12-20-7-6-10-27(34)29(20)32-24;/h4-17,34H,1-3H3;/q-1;. The van der Waals surface area contributed by atoms with Crippen LogP contribution in [-0.4, -0.2) is 15.1 Å². The third-order valence-corrected chi connectivity index (χ3v) is 6.75. The van der Waals surface area contributed by atoms with Gasteiger partial charge < -0.3 is 10.0 Å². The van der Waals surface area contributed by atoms with Gasteiger partial charge in [-0.2, -0.15) is 0 Å². The SMILES string of the molecule is Cc1ccnc(N2c3[c-]c(-c4ccc5cccc(O)c5n4)ccc3C(C)(C)c3ccccc32)c1.[Pd]. The molecule has 5 aromatic rings. The van der Waals surface area contributed by atoms with E-state index >= 15 is 0 Å². The molecule has 0 spiro atoms. The summed E-state index contributed by atoms with van der Waals surface area (Å²) in [5.41, 5.74) is 7.70. The van der Waals surface area contributed by atoms with E-state index in [0.29, 0.717) is 5.52 Å². The van der Waals surface area contributed by atoms with Crippen molar-refractivity contribution in [1.82, 2.24) is 9.97 Å². The number of aryl methyl sites for hydroxylation is 1. The van der Waals surface area contributed by atoms with E-state index in [4.69, 9.17) is 9.97 Å². The minimum absolute atomic E-state index is 0. The molecule has 5 heteroatoms. The molecular formula is C30H24N3OPd-. The van der Waals surface area contributed by atoms with Gasteiger partial charge in [0.1, 0.15) is 17.1 Å². The van der Waals surface area contributed by atoms with Crippen LogP contribution in [0.3, 0.4) is 0 Å². The number of pyridine rings is 2. The zero-order chi connectivity index (χ0) is 23.4. The van der Waals surface area contributed by atoms with Crippen LogP contribution in [-0.2, 0) is 25.8 Å². The van der Waals surface area contributed by atoms with Gasteiger partial charge in [-0.15, -0.1) is 23.8 Å². The van der Waals surface area contributed by atoms with Gasteiger partial charge in [0.25, 0.3) is 0 Å². The number of aromatic hydroxyl groups is 1. The summed E-state index contributed by atoms with van der Waals surface area (Å²) in [6.45, 7) is 6.59. The Morgan fingerprint density at radius 2 is 1.71 bits per heavy atom. The molecule has 0 radical (unpaired) electrons. The summed E-state index contributed by atoms with van der Waals surface area (Å²) in [5.74, 6) is 1.04. The van der Waals surface area contributed by atoms with Crippen molar-refractivity contribution in [3.05, 3.63) is 108 Å². The number of fused-ring (bicyclic) bond motifs is 3. The monoisotopic (exact) mass is 548 g/mol. The van der Waals surface area contributed by atoms with E-state index in [1.165, 1.54) is 11.1 Å². The Morgan fingerprint density at radius 1 is 0.886 bits per heavy atom. The van der Waals surface area contributed by atoms with Crippen molar-refractivity contribution in [2.24, 2.45) is 0 Å². The molecule has 1 aliphatic rings. The molecule has 3 aromatic carbocycles. The largest absolute Gasteiger partial charge is 0.506 e. The molecule has 0 bridgehead atoms. The van der Waals surface area contributed by atoms with Crippen molar-refractivity contribution in [1.29, 1.82) is 0 Å². The third-order valence-electron chi connectivity index (χ3n) is 6.75. The van der Waals surface area contributed by atoms with Crippen LogP contribution in [0.25, 0.3) is 22.2 Å². The Morgan fingerprint density at radius 3 is 2.54 bits per heavy atom. The Bertz CT molecular complexity index is 1580. The number of nitrogens with zero attached hydrogens (tertiary/aromatic N) is 3. The van der Waals surface area contributed by atoms with Gasteiger partial charge in [0.05, 0.1) is 0 Å². The number of rotatable bonds is 2. The normalized spacial score (nSPS) is 13.6. The van der Waals surface area contributed by atoms with E-state index in [1.54, 1.807) is 6.07 Å². The first-order chi connectivity index (χ1) is 16.4. The van der Waals surface area contributed by atoms with E-state index in [9.17, 15) is 5.11 Å². The second-order valence-corrected chi connectivity index (χ2v) is 9.35. The number of benzene rings is 3. The smallest absolute Gasteiger partial charge is 0.140 e. The summed E-state index contributed by atoms with van der Waals surface area (Å²) in [4.78, 5) is 11.7.